The molecule has 18 heavy (non-hydrogen) atoms. The highest BCUT2D eigenvalue weighted by Gasteiger charge is 2.28. The number of hydrogen-bond donors (Lipinski definition) is 1. The molecule has 2 rings (SSSR count). The number of nitrogens with zero attached hydrogens (tertiary/aromatic N) is 1. The van der Waals surface area contributed by atoms with E-state index in [1.54, 1.807) is 0 Å². The second kappa shape index (κ2) is 6.02. The summed E-state index contributed by atoms with van der Waals surface area (Å²) in [6.07, 6.45) is 2.82. The average Bonchev–Trinajstić information content (AvgIpc) is 2.77. The van der Waals surface area contributed by atoms with Gasteiger partial charge in [0.2, 0.25) is 5.91 Å². The number of nitrogens with two attached hydrogens (primary N) is 1. The summed E-state index contributed by atoms with van der Waals surface area (Å²) in [5.74, 6) is 0.0959. The molecule has 1 heterocycles. The van der Waals surface area contributed by atoms with E-state index in [9.17, 15) is 4.79 Å². The average molecular weight is 358 g/mol. The van der Waals surface area contributed by atoms with Crippen molar-refractivity contribution in [1.82, 2.24) is 4.90 Å². The first-order chi connectivity index (χ1) is 8.58. The Hall–Kier alpha value is -0.620. The molecule has 0 aliphatic carbocycles. The third-order valence-corrected chi connectivity index (χ3v) is 4.24. The molecule has 0 bridgehead atoms. The van der Waals surface area contributed by atoms with Crippen molar-refractivity contribution in [2.75, 3.05) is 6.54 Å². The maximum atomic E-state index is 12.2. The van der Waals surface area contributed by atoms with Crippen molar-refractivity contribution < 1.29 is 4.79 Å². The molecule has 1 fully saturated rings. The molecule has 1 aromatic carbocycles. The lowest BCUT2D eigenvalue weighted by Crippen LogP contribution is -2.46. The topological polar surface area (TPSA) is 46.3 Å². The van der Waals surface area contributed by atoms with E-state index in [1.807, 2.05) is 29.2 Å². The number of benzene rings is 1. The van der Waals surface area contributed by atoms with E-state index < -0.39 is 6.04 Å². The van der Waals surface area contributed by atoms with Crippen molar-refractivity contribution >= 4 is 28.5 Å². The van der Waals surface area contributed by atoms with Gasteiger partial charge < -0.3 is 10.6 Å². The molecule has 0 unspecified atom stereocenters. The number of likely N-dealkylation sites (tertiary alicyclic amines) is 1. The summed E-state index contributed by atoms with van der Waals surface area (Å²) >= 11 is 2.27. The first-order valence-electron chi connectivity index (χ1n) is 6.38. The van der Waals surface area contributed by atoms with E-state index in [4.69, 9.17) is 5.73 Å². The van der Waals surface area contributed by atoms with E-state index in [2.05, 4.69) is 29.5 Å². The van der Waals surface area contributed by atoms with E-state index in [0.717, 1.165) is 24.9 Å². The van der Waals surface area contributed by atoms with Crippen molar-refractivity contribution in [3.8, 4) is 0 Å². The zero-order valence-electron chi connectivity index (χ0n) is 10.6. The second-order valence-corrected chi connectivity index (χ2v) is 6.21. The van der Waals surface area contributed by atoms with E-state index in [-0.39, 0.29) is 5.91 Å². The monoisotopic (exact) mass is 358 g/mol. The third kappa shape index (κ3) is 3.23. The lowest BCUT2D eigenvalue weighted by Gasteiger charge is -2.25. The normalized spacial score (nSPS) is 21.1. The zero-order valence-corrected chi connectivity index (χ0v) is 12.8. The van der Waals surface area contributed by atoms with Crippen molar-refractivity contribution in [3.63, 3.8) is 0 Å². The summed E-state index contributed by atoms with van der Waals surface area (Å²) in [6.45, 7) is 2.96. The standard InChI is InChI=1S/C14H19IN2O/c1-10-3-2-8-17(10)14(18)13(16)9-11-4-6-12(15)7-5-11/h4-7,10,13H,2-3,8-9,16H2,1H3/t10-,13+/m1/s1. The van der Waals surface area contributed by atoms with Crippen LogP contribution >= 0.6 is 22.6 Å². The van der Waals surface area contributed by atoms with E-state index in [1.165, 1.54) is 3.57 Å². The van der Waals surface area contributed by atoms with Crippen molar-refractivity contribution in [2.24, 2.45) is 5.73 Å². The first kappa shape index (κ1) is 13.8. The molecule has 1 aliphatic heterocycles. The van der Waals surface area contributed by atoms with Gasteiger partial charge in [0.15, 0.2) is 0 Å². The van der Waals surface area contributed by atoms with Gasteiger partial charge in [0, 0.05) is 16.2 Å². The quantitative estimate of drug-likeness (QED) is 0.842. The lowest BCUT2D eigenvalue weighted by molar-refractivity contribution is -0.133. The predicted molar refractivity (Wildman–Crippen MR) is 81.2 cm³/mol. The molecule has 2 atom stereocenters. The molecule has 3 nitrogen and oxygen atoms in total. The van der Waals surface area contributed by atoms with Crippen molar-refractivity contribution in [2.45, 2.75) is 38.3 Å². The third-order valence-electron chi connectivity index (χ3n) is 3.52. The Bertz CT molecular complexity index is 418. The highest BCUT2D eigenvalue weighted by molar-refractivity contribution is 14.1. The fourth-order valence-corrected chi connectivity index (χ4v) is 2.79. The van der Waals surface area contributed by atoms with Crippen molar-refractivity contribution in [3.05, 3.63) is 33.4 Å². The van der Waals surface area contributed by atoms with Crippen LogP contribution in [-0.4, -0.2) is 29.4 Å². The first-order valence-corrected chi connectivity index (χ1v) is 7.46. The lowest BCUT2D eigenvalue weighted by atomic mass is 10.1. The van der Waals surface area contributed by atoms with Gasteiger partial charge in [-0.15, -0.1) is 0 Å². The number of hydrogen-bond acceptors (Lipinski definition) is 2. The Morgan fingerprint density at radius 1 is 1.50 bits per heavy atom. The van der Waals surface area contributed by atoms with Gasteiger partial charge >= 0.3 is 0 Å². The molecule has 1 amide bonds. The van der Waals surface area contributed by atoms with Gasteiger partial charge in [-0.3, -0.25) is 4.79 Å². The Balaban J connectivity index is 1.97. The van der Waals surface area contributed by atoms with Crippen LogP contribution in [0, 0.1) is 3.57 Å². The maximum Gasteiger partial charge on any atom is 0.240 e. The highest BCUT2D eigenvalue weighted by atomic mass is 127. The summed E-state index contributed by atoms with van der Waals surface area (Å²) in [4.78, 5) is 14.2. The second-order valence-electron chi connectivity index (χ2n) is 4.96. The molecule has 0 aromatic heterocycles. The fraction of sp³-hybridized carbons (Fsp3) is 0.500. The summed E-state index contributed by atoms with van der Waals surface area (Å²) in [6, 6.07) is 8.12. The Morgan fingerprint density at radius 2 is 2.17 bits per heavy atom. The molecule has 0 spiro atoms. The number of amides is 1. The van der Waals surface area contributed by atoms with Gasteiger partial charge in [0.25, 0.3) is 0 Å². The van der Waals surface area contributed by atoms with Crippen LogP contribution in [0.1, 0.15) is 25.3 Å². The van der Waals surface area contributed by atoms with E-state index in [0.29, 0.717) is 12.5 Å². The smallest absolute Gasteiger partial charge is 0.240 e. The summed E-state index contributed by atoms with van der Waals surface area (Å²) in [5, 5.41) is 0. The van der Waals surface area contributed by atoms with Crippen LogP contribution in [-0.2, 0) is 11.2 Å². The van der Waals surface area contributed by atoms with Gasteiger partial charge in [0.1, 0.15) is 0 Å². The molecule has 1 aromatic rings. The summed E-state index contributed by atoms with van der Waals surface area (Å²) in [5.41, 5.74) is 7.16. The molecule has 98 valence electrons. The van der Waals surface area contributed by atoms with Crippen molar-refractivity contribution in [1.29, 1.82) is 0 Å². The number of halogens is 1. The number of rotatable bonds is 3. The van der Waals surface area contributed by atoms with Gasteiger partial charge in [0.05, 0.1) is 6.04 Å². The zero-order chi connectivity index (χ0) is 13.1. The van der Waals surface area contributed by atoms with Crippen LogP contribution in [0.3, 0.4) is 0 Å². The van der Waals surface area contributed by atoms with Gasteiger partial charge in [-0.05, 0) is 66.5 Å². The van der Waals surface area contributed by atoms with Gasteiger partial charge in [-0.1, -0.05) is 12.1 Å². The summed E-state index contributed by atoms with van der Waals surface area (Å²) in [7, 11) is 0. The van der Waals surface area contributed by atoms with Gasteiger partial charge in [-0.2, -0.15) is 0 Å². The molecule has 4 heteroatoms. The Labute approximate surface area is 122 Å². The minimum Gasteiger partial charge on any atom is -0.339 e. The molecule has 0 radical (unpaired) electrons. The number of carbonyl (C=O) groups excluding carboxylic acids is 1. The van der Waals surface area contributed by atoms with Crippen LogP contribution in [0.5, 0.6) is 0 Å². The number of carbonyl (C=O) groups is 1. The fourth-order valence-electron chi connectivity index (χ4n) is 2.44. The van der Waals surface area contributed by atoms with Gasteiger partial charge in [-0.25, -0.2) is 0 Å². The van der Waals surface area contributed by atoms with E-state index >= 15 is 0 Å². The molecular formula is C14H19IN2O. The highest BCUT2D eigenvalue weighted by Crippen LogP contribution is 2.18. The maximum absolute atomic E-state index is 12.2. The van der Waals surface area contributed by atoms with Crippen LogP contribution < -0.4 is 5.73 Å². The molecule has 2 N–H and O–H groups in total. The van der Waals surface area contributed by atoms with Crippen LogP contribution in [0.15, 0.2) is 24.3 Å². The SMILES string of the molecule is C[C@@H]1CCCN1C(=O)[C@@H](N)Cc1ccc(I)cc1. The minimum absolute atomic E-state index is 0.0959. The van der Waals surface area contributed by atoms with Crippen LogP contribution in [0.25, 0.3) is 0 Å². The largest absolute Gasteiger partial charge is 0.339 e. The minimum atomic E-state index is -0.411. The van der Waals surface area contributed by atoms with Crippen LogP contribution in [0.2, 0.25) is 0 Å². The Morgan fingerprint density at radius 3 is 2.72 bits per heavy atom. The molecule has 1 aliphatic rings. The Kier molecular flexibility index (Phi) is 4.61. The molecular weight excluding hydrogens is 339 g/mol. The molecule has 1 saturated heterocycles. The molecule has 0 saturated carbocycles. The van der Waals surface area contributed by atoms with Crippen LogP contribution in [0.4, 0.5) is 0 Å². The summed E-state index contributed by atoms with van der Waals surface area (Å²) < 4.78 is 1.20. The predicted octanol–water partition coefficient (Wildman–Crippen LogP) is 2.17.